The van der Waals surface area contributed by atoms with Gasteiger partial charge in [0.25, 0.3) is 10.1 Å². The molecule has 1 heterocycles. The maximum absolute atomic E-state index is 12.5. The van der Waals surface area contributed by atoms with E-state index >= 15 is 0 Å². The lowest BCUT2D eigenvalue weighted by Gasteiger charge is -2.31. The number of hydrogen-bond acceptors (Lipinski definition) is 8. The lowest BCUT2D eigenvalue weighted by atomic mass is 9.69. The number of aromatic nitrogens is 2. The van der Waals surface area contributed by atoms with Crippen molar-refractivity contribution >= 4 is 65.8 Å². The van der Waals surface area contributed by atoms with E-state index < -0.39 is 15.5 Å². The lowest BCUT2D eigenvalue weighted by Crippen LogP contribution is -2.26. The molecule has 0 saturated heterocycles. The molecule has 9 rings (SSSR count). The summed E-state index contributed by atoms with van der Waals surface area (Å²) in [4.78, 5) is 10.8. The van der Waals surface area contributed by atoms with Gasteiger partial charge in [-0.3, -0.25) is 4.55 Å². The number of rotatable bonds is 4. The highest BCUT2D eigenvalue weighted by Crippen LogP contribution is 2.64. The molecule has 0 fully saturated rings. The molecule has 0 bridgehead atoms. The minimum absolute atomic E-state index is 0.147. The zero-order valence-corrected chi connectivity index (χ0v) is 25.5. The Kier molecular flexibility index (Phi) is 5.43. The Labute approximate surface area is 261 Å². The first kappa shape index (κ1) is 26.9. The molecule has 2 aliphatic rings. The van der Waals surface area contributed by atoms with Crippen LogP contribution in [0.25, 0.3) is 54.7 Å². The monoisotopic (exact) mass is 630 g/mol. The van der Waals surface area contributed by atoms with Crippen molar-refractivity contribution < 1.29 is 27.6 Å². The first-order valence-corrected chi connectivity index (χ1v) is 16.4. The van der Waals surface area contributed by atoms with Crippen LogP contribution in [-0.2, 0) is 24.9 Å². The van der Waals surface area contributed by atoms with Crippen molar-refractivity contribution in [2.24, 2.45) is 0 Å². The molecule has 0 saturated carbocycles. The van der Waals surface area contributed by atoms with Crippen LogP contribution in [0, 0.1) is 13.8 Å². The Bertz CT molecular complexity index is 2500. The number of nitrogens with zero attached hydrogens (tertiary/aromatic N) is 2. The SMILES string of the molecule is Cc1cc2c(cc1SOOO)-c1cc(S(=O)(=O)O)c(C)cc1C21c2cccc3c4nc5ccccc5nc4c4cccc1c4c23. The predicted molar refractivity (Wildman–Crippen MR) is 173 cm³/mol. The van der Waals surface area contributed by atoms with Crippen molar-refractivity contribution in [3.05, 3.63) is 118 Å². The maximum atomic E-state index is 12.5. The molecule has 7 aromatic rings. The largest absolute Gasteiger partial charge is 0.294 e. The van der Waals surface area contributed by atoms with Crippen molar-refractivity contribution in [2.45, 2.75) is 29.1 Å². The van der Waals surface area contributed by atoms with Crippen LogP contribution in [0.5, 0.6) is 0 Å². The molecule has 6 aromatic carbocycles. The summed E-state index contributed by atoms with van der Waals surface area (Å²) in [6.07, 6.45) is 0. The molecule has 1 spiro atoms. The molecule has 220 valence electrons. The highest BCUT2D eigenvalue weighted by Gasteiger charge is 2.52. The highest BCUT2D eigenvalue weighted by atomic mass is 32.2. The smallest absolute Gasteiger partial charge is 0.282 e. The van der Waals surface area contributed by atoms with Crippen molar-refractivity contribution in [1.82, 2.24) is 9.97 Å². The molecule has 8 nitrogen and oxygen atoms in total. The number of aryl methyl sites for hydroxylation is 2. The fourth-order valence-corrected chi connectivity index (χ4v) is 8.96. The van der Waals surface area contributed by atoms with Gasteiger partial charge in [-0.05, 0) is 93.4 Å². The summed E-state index contributed by atoms with van der Waals surface area (Å²) in [5.41, 5.74) is 9.31. The van der Waals surface area contributed by atoms with E-state index in [9.17, 15) is 13.0 Å². The molecule has 45 heavy (non-hydrogen) atoms. The third-order valence-electron chi connectivity index (χ3n) is 9.43. The van der Waals surface area contributed by atoms with Gasteiger partial charge in [-0.2, -0.15) is 8.42 Å². The van der Waals surface area contributed by atoms with Crippen LogP contribution in [0.2, 0.25) is 0 Å². The summed E-state index contributed by atoms with van der Waals surface area (Å²) in [5.74, 6) is 0. The van der Waals surface area contributed by atoms with Gasteiger partial charge in [0.05, 0.1) is 44.4 Å². The minimum Gasteiger partial charge on any atom is -0.282 e. The van der Waals surface area contributed by atoms with Crippen LogP contribution >= 0.6 is 12.0 Å². The van der Waals surface area contributed by atoms with Crippen LogP contribution in [0.15, 0.2) is 94.7 Å². The van der Waals surface area contributed by atoms with Gasteiger partial charge in [-0.1, -0.05) is 65.7 Å². The minimum atomic E-state index is -4.50. The molecular formula is C35H22N2O6S2. The molecule has 0 atom stereocenters. The van der Waals surface area contributed by atoms with Crippen LogP contribution in [-0.4, -0.2) is 28.2 Å². The molecule has 0 aliphatic heterocycles. The quantitative estimate of drug-likeness (QED) is 0.0497. The van der Waals surface area contributed by atoms with Crippen LogP contribution in [0.3, 0.4) is 0 Å². The number of hydrogen-bond donors (Lipinski definition) is 2. The highest BCUT2D eigenvalue weighted by molar-refractivity contribution is 7.94. The summed E-state index contributed by atoms with van der Waals surface area (Å²) < 4.78 is 40.1. The zero-order chi connectivity index (χ0) is 30.8. The molecule has 1 aromatic heterocycles. The Morgan fingerprint density at radius 2 is 1.27 bits per heavy atom. The molecular weight excluding hydrogens is 609 g/mol. The average Bonchev–Trinajstić information content (AvgIpc) is 3.48. The van der Waals surface area contributed by atoms with E-state index in [1.165, 1.54) is 0 Å². The summed E-state index contributed by atoms with van der Waals surface area (Å²) in [5, 5.41) is 16.9. The topological polar surface area (TPSA) is 119 Å². The van der Waals surface area contributed by atoms with Gasteiger partial charge in [-0.25, -0.2) is 15.2 Å². The van der Waals surface area contributed by atoms with E-state index in [2.05, 4.69) is 35.4 Å². The van der Waals surface area contributed by atoms with Gasteiger partial charge >= 0.3 is 0 Å². The second-order valence-corrected chi connectivity index (χ2v) is 13.8. The van der Waals surface area contributed by atoms with Crippen molar-refractivity contribution in [2.75, 3.05) is 0 Å². The number of benzene rings is 6. The van der Waals surface area contributed by atoms with E-state index in [4.69, 9.17) is 19.6 Å². The van der Waals surface area contributed by atoms with Gasteiger partial charge in [0.1, 0.15) is 0 Å². The summed E-state index contributed by atoms with van der Waals surface area (Å²) >= 11 is 0.854. The Hall–Kier alpha value is -4.42. The second-order valence-electron chi connectivity index (χ2n) is 11.6. The zero-order valence-electron chi connectivity index (χ0n) is 23.8. The molecule has 2 aliphatic carbocycles. The van der Waals surface area contributed by atoms with E-state index in [1.54, 1.807) is 13.0 Å². The van der Waals surface area contributed by atoms with Crippen molar-refractivity contribution in [3.63, 3.8) is 0 Å². The van der Waals surface area contributed by atoms with E-state index in [0.717, 1.165) is 89.0 Å². The molecule has 0 amide bonds. The third kappa shape index (κ3) is 3.38. The summed E-state index contributed by atoms with van der Waals surface area (Å²) in [6, 6.07) is 27.9. The fourth-order valence-electron chi connectivity index (χ4n) is 7.77. The van der Waals surface area contributed by atoms with Gasteiger partial charge in [0, 0.05) is 15.7 Å². The third-order valence-corrected chi connectivity index (χ3v) is 11.2. The van der Waals surface area contributed by atoms with Crippen molar-refractivity contribution in [1.29, 1.82) is 0 Å². The Balaban J connectivity index is 1.49. The first-order valence-electron chi connectivity index (χ1n) is 14.2. The number of fused-ring (bicyclic) bond motifs is 11. The summed E-state index contributed by atoms with van der Waals surface area (Å²) in [6.45, 7) is 3.65. The second kappa shape index (κ2) is 9.07. The average molecular weight is 631 g/mol. The van der Waals surface area contributed by atoms with E-state index in [1.807, 2.05) is 55.5 Å². The molecule has 0 radical (unpaired) electrons. The standard InChI is InChI=1S/C35H22N2O6S2/c1-17-13-25-21(15-29(17)44-43-42-38)22-16-30(45(39,40)41)18(2)14-26(22)35(25)23-9-5-7-19-31(23)32-20(8-6-10-24(32)35)34-33(19)36-27-11-3-4-12-28(27)37-34/h3-16,38H,1-2H3,(H,39,40,41). The van der Waals surface area contributed by atoms with Gasteiger partial charge in [0.2, 0.25) is 0 Å². The number of para-hydroxylation sites is 2. The normalized spacial score (nSPS) is 14.4. The van der Waals surface area contributed by atoms with Crippen LogP contribution in [0.4, 0.5) is 0 Å². The maximum Gasteiger partial charge on any atom is 0.294 e. The summed E-state index contributed by atoms with van der Waals surface area (Å²) in [7, 11) is -4.50. The first-order chi connectivity index (χ1) is 21.7. The van der Waals surface area contributed by atoms with Crippen LogP contribution in [0.1, 0.15) is 33.4 Å². The molecule has 0 unspecified atom stereocenters. The Morgan fingerprint density at radius 3 is 1.82 bits per heavy atom. The van der Waals surface area contributed by atoms with E-state index in [0.29, 0.717) is 16.0 Å². The van der Waals surface area contributed by atoms with Crippen LogP contribution < -0.4 is 0 Å². The van der Waals surface area contributed by atoms with E-state index in [-0.39, 0.29) is 4.90 Å². The van der Waals surface area contributed by atoms with Gasteiger partial charge in [-0.15, -0.1) is 4.33 Å². The van der Waals surface area contributed by atoms with Gasteiger partial charge < -0.3 is 0 Å². The fraction of sp³-hybridized carbons (Fsp3) is 0.0857. The van der Waals surface area contributed by atoms with Gasteiger partial charge in [0.15, 0.2) is 0 Å². The Morgan fingerprint density at radius 1 is 0.711 bits per heavy atom. The predicted octanol–water partition coefficient (Wildman–Crippen LogP) is 8.06. The molecule has 2 N–H and O–H groups in total. The lowest BCUT2D eigenvalue weighted by molar-refractivity contribution is -0.432. The van der Waals surface area contributed by atoms with Crippen molar-refractivity contribution in [3.8, 4) is 11.1 Å². The molecule has 10 heteroatoms.